The topological polar surface area (TPSA) is 17.1 Å². The Balaban J connectivity index is 2.53. The van der Waals surface area contributed by atoms with E-state index >= 15 is 0 Å². The highest BCUT2D eigenvalue weighted by molar-refractivity contribution is 6.31. The number of hydrogen-bond donors (Lipinski definition) is 0. The smallest absolute Gasteiger partial charge is 0.137 e. The zero-order valence-corrected chi connectivity index (χ0v) is 7.70. The van der Waals surface area contributed by atoms with Gasteiger partial charge in [-0.1, -0.05) is 11.6 Å². The number of Topliss-reactive ketones (excluding diaryl/α,β-unsaturated/α-hetero) is 1. The molecule has 0 N–H and O–H groups in total. The van der Waals surface area contributed by atoms with Crippen molar-refractivity contribution in [2.45, 2.75) is 19.3 Å². The SMILES string of the molecule is O=C1CCc2c(Cl)cc(F)cc2C1. The van der Waals surface area contributed by atoms with E-state index in [2.05, 4.69) is 0 Å². The van der Waals surface area contributed by atoms with Crippen LogP contribution < -0.4 is 0 Å². The van der Waals surface area contributed by atoms with Crippen LogP contribution in [-0.2, 0) is 17.6 Å². The molecular weight excluding hydrogens is 191 g/mol. The van der Waals surface area contributed by atoms with Crippen molar-refractivity contribution in [3.8, 4) is 0 Å². The van der Waals surface area contributed by atoms with Crippen LogP contribution in [0.15, 0.2) is 12.1 Å². The molecule has 1 aliphatic rings. The van der Waals surface area contributed by atoms with Gasteiger partial charge in [0, 0.05) is 17.9 Å². The molecule has 0 aliphatic heterocycles. The summed E-state index contributed by atoms with van der Waals surface area (Å²) >= 11 is 5.84. The molecule has 1 aromatic carbocycles. The molecule has 1 nitrogen and oxygen atoms in total. The standard InChI is InChI=1S/C10H8ClFO/c11-10-5-7(12)3-6-4-8(13)1-2-9(6)10/h3,5H,1-2,4H2. The van der Waals surface area contributed by atoms with E-state index in [0.29, 0.717) is 24.3 Å². The van der Waals surface area contributed by atoms with Crippen LogP contribution in [0, 0.1) is 5.82 Å². The summed E-state index contributed by atoms with van der Waals surface area (Å²) in [4.78, 5) is 11.1. The van der Waals surface area contributed by atoms with Gasteiger partial charge in [-0.2, -0.15) is 0 Å². The summed E-state index contributed by atoms with van der Waals surface area (Å²) in [5.41, 5.74) is 1.68. The van der Waals surface area contributed by atoms with Gasteiger partial charge in [0.1, 0.15) is 11.6 Å². The molecular formula is C10H8ClFO. The second-order valence-corrected chi connectivity index (χ2v) is 3.65. The van der Waals surface area contributed by atoms with Crippen LogP contribution in [-0.4, -0.2) is 5.78 Å². The van der Waals surface area contributed by atoms with E-state index in [1.165, 1.54) is 12.1 Å². The number of halogens is 2. The number of benzene rings is 1. The lowest BCUT2D eigenvalue weighted by Gasteiger charge is -2.15. The molecule has 13 heavy (non-hydrogen) atoms. The predicted octanol–water partition coefficient (Wildman–Crippen LogP) is 2.54. The summed E-state index contributed by atoms with van der Waals surface area (Å²) in [5, 5.41) is 0.447. The largest absolute Gasteiger partial charge is 0.299 e. The molecule has 0 saturated heterocycles. The van der Waals surface area contributed by atoms with E-state index in [0.717, 1.165) is 11.1 Å². The Morgan fingerprint density at radius 1 is 1.31 bits per heavy atom. The Bertz CT molecular complexity index is 373. The van der Waals surface area contributed by atoms with E-state index in [9.17, 15) is 9.18 Å². The third-order valence-corrected chi connectivity index (χ3v) is 2.63. The van der Waals surface area contributed by atoms with Gasteiger partial charge >= 0.3 is 0 Å². The summed E-state index contributed by atoms with van der Waals surface area (Å²) in [6.45, 7) is 0. The first-order valence-electron chi connectivity index (χ1n) is 4.15. The van der Waals surface area contributed by atoms with Crippen molar-refractivity contribution in [1.82, 2.24) is 0 Å². The lowest BCUT2D eigenvalue weighted by atomic mass is 9.91. The second kappa shape index (κ2) is 3.11. The summed E-state index contributed by atoms with van der Waals surface area (Å²) in [7, 11) is 0. The fraction of sp³-hybridized carbons (Fsp3) is 0.300. The van der Waals surface area contributed by atoms with Crippen LogP contribution in [0.2, 0.25) is 5.02 Å². The average molecular weight is 199 g/mol. The van der Waals surface area contributed by atoms with Gasteiger partial charge in [0.2, 0.25) is 0 Å². The Morgan fingerprint density at radius 2 is 2.08 bits per heavy atom. The summed E-state index contributed by atoms with van der Waals surface area (Å²) in [6, 6.07) is 2.70. The lowest BCUT2D eigenvalue weighted by molar-refractivity contribution is -0.118. The van der Waals surface area contributed by atoms with Crippen LogP contribution in [0.3, 0.4) is 0 Å². The molecule has 0 bridgehead atoms. The first-order chi connectivity index (χ1) is 6.16. The maximum Gasteiger partial charge on any atom is 0.137 e. The number of ketones is 1. The molecule has 0 heterocycles. The van der Waals surface area contributed by atoms with E-state index < -0.39 is 0 Å². The molecule has 2 rings (SSSR count). The van der Waals surface area contributed by atoms with Crippen LogP contribution in [0.25, 0.3) is 0 Å². The molecule has 1 aliphatic carbocycles. The Hall–Kier alpha value is -0.890. The Kier molecular flexibility index (Phi) is 2.08. The normalized spacial score (nSPS) is 15.7. The number of carbonyl (C=O) groups is 1. The number of hydrogen-bond acceptors (Lipinski definition) is 1. The predicted molar refractivity (Wildman–Crippen MR) is 48.4 cm³/mol. The molecule has 0 aromatic heterocycles. The molecule has 0 fully saturated rings. The van der Waals surface area contributed by atoms with Gasteiger partial charge in [-0.15, -0.1) is 0 Å². The average Bonchev–Trinajstić information content (AvgIpc) is 2.02. The quantitative estimate of drug-likeness (QED) is 0.626. The maximum absolute atomic E-state index is 12.9. The third kappa shape index (κ3) is 1.59. The molecule has 0 spiro atoms. The van der Waals surface area contributed by atoms with Gasteiger partial charge in [-0.05, 0) is 29.7 Å². The third-order valence-electron chi connectivity index (χ3n) is 2.29. The van der Waals surface area contributed by atoms with Crippen molar-refractivity contribution in [1.29, 1.82) is 0 Å². The Morgan fingerprint density at radius 3 is 2.85 bits per heavy atom. The van der Waals surface area contributed by atoms with Gasteiger partial charge < -0.3 is 0 Å². The minimum Gasteiger partial charge on any atom is -0.299 e. The van der Waals surface area contributed by atoms with E-state index in [4.69, 9.17) is 11.6 Å². The van der Waals surface area contributed by atoms with E-state index in [1.807, 2.05) is 0 Å². The number of rotatable bonds is 0. The van der Waals surface area contributed by atoms with Crippen LogP contribution >= 0.6 is 11.6 Å². The monoisotopic (exact) mass is 198 g/mol. The Labute approximate surface area is 80.5 Å². The summed E-state index contributed by atoms with van der Waals surface area (Å²) in [5.74, 6) is -0.201. The van der Waals surface area contributed by atoms with Gasteiger partial charge in [0.05, 0.1) is 0 Å². The molecule has 0 saturated carbocycles. The van der Waals surface area contributed by atoms with Crippen LogP contribution in [0.5, 0.6) is 0 Å². The van der Waals surface area contributed by atoms with E-state index in [-0.39, 0.29) is 11.6 Å². The van der Waals surface area contributed by atoms with Crippen molar-refractivity contribution >= 4 is 17.4 Å². The highest BCUT2D eigenvalue weighted by Gasteiger charge is 2.18. The molecule has 3 heteroatoms. The van der Waals surface area contributed by atoms with Gasteiger partial charge in [-0.25, -0.2) is 4.39 Å². The van der Waals surface area contributed by atoms with Crippen molar-refractivity contribution in [2.24, 2.45) is 0 Å². The zero-order chi connectivity index (χ0) is 9.42. The molecule has 0 unspecified atom stereocenters. The fourth-order valence-corrected chi connectivity index (χ4v) is 1.98. The van der Waals surface area contributed by atoms with E-state index in [1.54, 1.807) is 0 Å². The van der Waals surface area contributed by atoms with Crippen LogP contribution in [0.4, 0.5) is 4.39 Å². The first-order valence-corrected chi connectivity index (χ1v) is 4.53. The van der Waals surface area contributed by atoms with Gasteiger partial charge in [0.25, 0.3) is 0 Å². The minimum absolute atomic E-state index is 0.161. The lowest BCUT2D eigenvalue weighted by Crippen LogP contribution is -2.13. The molecule has 0 amide bonds. The van der Waals surface area contributed by atoms with Gasteiger partial charge in [-0.3, -0.25) is 4.79 Å². The summed E-state index contributed by atoms with van der Waals surface area (Å²) < 4.78 is 12.9. The first kappa shape index (κ1) is 8.70. The van der Waals surface area contributed by atoms with Crippen molar-refractivity contribution in [2.75, 3.05) is 0 Å². The molecule has 1 aromatic rings. The highest BCUT2D eigenvalue weighted by Crippen LogP contribution is 2.27. The zero-order valence-electron chi connectivity index (χ0n) is 6.94. The highest BCUT2D eigenvalue weighted by atomic mass is 35.5. The fourth-order valence-electron chi connectivity index (χ4n) is 1.66. The molecule has 0 radical (unpaired) electrons. The van der Waals surface area contributed by atoms with Crippen molar-refractivity contribution < 1.29 is 9.18 Å². The molecule has 68 valence electrons. The maximum atomic E-state index is 12.9. The number of fused-ring (bicyclic) bond motifs is 1. The second-order valence-electron chi connectivity index (χ2n) is 3.24. The van der Waals surface area contributed by atoms with Crippen molar-refractivity contribution in [3.05, 3.63) is 34.1 Å². The minimum atomic E-state index is -0.363. The summed E-state index contributed by atoms with van der Waals surface area (Å²) in [6.07, 6.45) is 1.50. The van der Waals surface area contributed by atoms with Crippen LogP contribution in [0.1, 0.15) is 17.5 Å². The molecule has 0 atom stereocenters. The number of carbonyl (C=O) groups excluding carboxylic acids is 1. The van der Waals surface area contributed by atoms with Crippen molar-refractivity contribution in [3.63, 3.8) is 0 Å². The van der Waals surface area contributed by atoms with Gasteiger partial charge in [0.15, 0.2) is 0 Å².